The van der Waals surface area contributed by atoms with Gasteiger partial charge in [-0.25, -0.2) is 9.52 Å². The van der Waals surface area contributed by atoms with Gasteiger partial charge in [-0.15, -0.1) is 0 Å². The van der Waals surface area contributed by atoms with E-state index in [2.05, 4.69) is 9.46 Å². The number of hydrogen-bond acceptors (Lipinski definition) is 5. The molecule has 0 aromatic heterocycles. The molecule has 0 rings (SSSR count). The second-order valence-corrected chi connectivity index (χ2v) is 4.03. The van der Waals surface area contributed by atoms with Crippen LogP contribution in [0.1, 0.15) is 13.8 Å². The lowest BCUT2D eigenvalue weighted by atomic mass is 10.4. The van der Waals surface area contributed by atoms with Crippen LogP contribution >= 0.6 is 0 Å². The molecular formula is C6H15N3O4S. The second kappa shape index (κ2) is 5.78. The summed E-state index contributed by atoms with van der Waals surface area (Å²) in [5, 5.41) is 0. The van der Waals surface area contributed by atoms with Crippen LogP contribution in [-0.4, -0.2) is 33.7 Å². The smallest absolute Gasteiger partial charge is 0.421 e. The standard InChI is InChI=1S/C6H15N3O4S/c1-3-13-6(10)9-14(11,12)8-5(2)4-7/h5,8H,3-4,7H2,1-2H3,(H,9,10)/t5-/m1/s1. The van der Waals surface area contributed by atoms with Crippen molar-refractivity contribution in [3.8, 4) is 0 Å². The second-order valence-electron chi connectivity index (χ2n) is 2.58. The van der Waals surface area contributed by atoms with Crippen molar-refractivity contribution in [2.45, 2.75) is 19.9 Å². The quantitative estimate of drug-likeness (QED) is 0.551. The summed E-state index contributed by atoms with van der Waals surface area (Å²) in [6, 6.07) is -0.443. The topological polar surface area (TPSA) is 111 Å². The molecule has 0 aliphatic carbocycles. The molecule has 0 radical (unpaired) electrons. The predicted molar refractivity (Wildman–Crippen MR) is 50.7 cm³/mol. The van der Waals surface area contributed by atoms with Crippen LogP contribution in [0.3, 0.4) is 0 Å². The van der Waals surface area contributed by atoms with Crippen LogP contribution < -0.4 is 15.2 Å². The van der Waals surface area contributed by atoms with Gasteiger partial charge in [0.15, 0.2) is 0 Å². The molecule has 0 fully saturated rings. The van der Waals surface area contributed by atoms with E-state index in [1.807, 2.05) is 0 Å². The van der Waals surface area contributed by atoms with Crippen LogP contribution in [0.2, 0.25) is 0 Å². The normalized spacial score (nSPS) is 13.4. The van der Waals surface area contributed by atoms with Crippen molar-refractivity contribution >= 4 is 16.3 Å². The molecule has 0 spiro atoms. The van der Waals surface area contributed by atoms with Gasteiger partial charge in [-0.1, -0.05) is 0 Å². The number of rotatable bonds is 5. The summed E-state index contributed by atoms with van der Waals surface area (Å²) in [6.07, 6.45) is -1.01. The molecule has 0 saturated carbocycles. The van der Waals surface area contributed by atoms with Crippen LogP contribution in [0.15, 0.2) is 0 Å². The SMILES string of the molecule is CCOC(=O)NS(=O)(=O)N[C@H](C)CN. The Bertz CT molecular complexity index is 277. The van der Waals surface area contributed by atoms with Crippen molar-refractivity contribution < 1.29 is 17.9 Å². The monoisotopic (exact) mass is 225 g/mol. The first-order valence-electron chi connectivity index (χ1n) is 4.08. The van der Waals surface area contributed by atoms with Crippen LogP contribution in [0.4, 0.5) is 4.79 Å². The van der Waals surface area contributed by atoms with Gasteiger partial charge in [0.2, 0.25) is 0 Å². The summed E-state index contributed by atoms with van der Waals surface area (Å²) in [7, 11) is -3.87. The summed E-state index contributed by atoms with van der Waals surface area (Å²) < 4.78 is 30.4. The highest BCUT2D eigenvalue weighted by Gasteiger charge is 2.16. The lowest BCUT2D eigenvalue weighted by Crippen LogP contribution is -2.46. The highest BCUT2D eigenvalue weighted by atomic mass is 32.2. The Hall–Kier alpha value is -0.860. The Labute approximate surface area is 83.2 Å². The molecule has 0 aliphatic rings. The number of nitrogens with one attached hydrogen (secondary N) is 2. The van der Waals surface area contributed by atoms with Crippen LogP contribution in [-0.2, 0) is 14.9 Å². The highest BCUT2D eigenvalue weighted by Crippen LogP contribution is 1.85. The summed E-state index contributed by atoms with van der Waals surface area (Å²) in [5.41, 5.74) is 5.20. The minimum Gasteiger partial charge on any atom is -0.449 e. The molecule has 0 aliphatic heterocycles. The number of amides is 1. The average molecular weight is 225 g/mol. The summed E-state index contributed by atoms with van der Waals surface area (Å²) >= 11 is 0. The molecule has 8 heteroatoms. The number of carbonyl (C=O) groups excluding carboxylic acids is 1. The summed E-state index contributed by atoms with van der Waals surface area (Å²) in [4.78, 5) is 10.7. The Balaban J connectivity index is 4.14. The minimum absolute atomic E-state index is 0.105. The van der Waals surface area contributed by atoms with E-state index in [1.54, 1.807) is 18.6 Å². The van der Waals surface area contributed by atoms with Gasteiger partial charge in [-0.05, 0) is 13.8 Å². The van der Waals surface area contributed by atoms with Gasteiger partial charge in [0.25, 0.3) is 0 Å². The van der Waals surface area contributed by atoms with E-state index >= 15 is 0 Å². The van der Waals surface area contributed by atoms with Crippen LogP contribution in [0.5, 0.6) is 0 Å². The van der Waals surface area contributed by atoms with Crippen molar-refractivity contribution in [2.24, 2.45) is 5.73 Å². The maximum absolute atomic E-state index is 11.1. The molecule has 0 saturated heterocycles. The van der Waals surface area contributed by atoms with Crippen molar-refractivity contribution in [1.29, 1.82) is 0 Å². The maximum atomic E-state index is 11.1. The first-order valence-corrected chi connectivity index (χ1v) is 5.56. The van der Waals surface area contributed by atoms with E-state index in [1.165, 1.54) is 0 Å². The van der Waals surface area contributed by atoms with E-state index in [0.717, 1.165) is 0 Å². The zero-order chi connectivity index (χ0) is 11.2. The molecule has 0 unspecified atom stereocenters. The zero-order valence-electron chi connectivity index (χ0n) is 8.11. The highest BCUT2D eigenvalue weighted by molar-refractivity contribution is 7.88. The zero-order valence-corrected chi connectivity index (χ0v) is 8.93. The molecule has 0 bridgehead atoms. The molecule has 1 amide bonds. The Morgan fingerprint density at radius 2 is 2.14 bits per heavy atom. The average Bonchev–Trinajstić information content (AvgIpc) is 2.02. The van der Waals surface area contributed by atoms with E-state index < -0.39 is 22.3 Å². The maximum Gasteiger partial charge on any atom is 0.421 e. The van der Waals surface area contributed by atoms with Gasteiger partial charge in [0.05, 0.1) is 6.61 Å². The van der Waals surface area contributed by atoms with Crippen molar-refractivity contribution in [3.05, 3.63) is 0 Å². The van der Waals surface area contributed by atoms with Gasteiger partial charge in [-0.2, -0.15) is 13.1 Å². The molecule has 0 aromatic rings. The van der Waals surface area contributed by atoms with Gasteiger partial charge in [-0.3, -0.25) is 0 Å². The molecule has 0 heterocycles. The minimum atomic E-state index is -3.87. The largest absolute Gasteiger partial charge is 0.449 e. The molecule has 1 atom stereocenters. The van der Waals surface area contributed by atoms with Crippen LogP contribution in [0, 0.1) is 0 Å². The third-order valence-electron chi connectivity index (χ3n) is 1.20. The Kier molecular flexibility index (Phi) is 5.43. The lowest BCUT2D eigenvalue weighted by Gasteiger charge is -2.12. The van der Waals surface area contributed by atoms with E-state index in [0.29, 0.717) is 0 Å². The lowest BCUT2D eigenvalue weighted by molar-refractivity contribution is 0.158. The van der Waals surface area contributed by atoms with E-state index in [9.17, 15) is 13.2 Å². The van der Waals surface area contributed by atoms with Gasteiger partial charge in [0.1, 0.15) is 0 Å². The number of carbonyl (C=O) groups is 1. The Morgan fingerprint density at radius 1 is 1.57 bits per heavy atom. The third-order valence-corrected chi connectivity index (χ3v) is 2.35. The van der Waals surface area contributed by atoms with Gasteiger partial charge in [0, 0.05) is 12.6 Å². The molecule has 7 nitrogen and oxygen atoms in total. The van der Waals surface area contributed by atoms with Crippen molar-refractivity contribution in [2.75, 3.05) is 13.2 Å². The fraction of sp³-hybridized carbons (Fsp3) is 0.833. The molecule has 84 valence electrons. The molecule has 0 aromatic carbocycles. The van der Waals surface area contributed by atoms with E-state index in [-0.39, 0.29) is 13.2 Å². The van der Waals surface area contributed by atoms with E-state index in [4.69, 9.17) is 5.73 Å². The molecule has 14 heavy (non-hydrogen) atoms. The Morgan fingerprint density at radius 3 is 2.57 bits per heavy atom. The summed E-state index contributed by atoms with van der Waals surface area (Å²) in [6.45, 7) is 3.39. The summed E-state index contributed by atoms with van der Waals surface area (Å²) in [5.74, 6) is 0. The predicted octanol–water partition coefficient (Wildman–Crippen LogP) is -1.09. The number of ether oxygens (including phenoxy) is 1. The molecule has 4 N–H and O–H groups in total. The van der Waals surface area contributed by atoms with Crippen molar-refractivity contribution in [3.63, 3.8) is 0 Å². The first-order chi connectivity index (χ1) is 6.41. The van der Waals surface area contributed by atoms with Gasteiger partial charge < -0.3 is 10.5 Å². The van der Waals surface area contributed by atoms with Crippen LogP contribution in [0.25, 0.3) is 0 Å². The fourth-order valence-electron chi connectivity index (χ4n) is 0.613. The third kappa shape index (κ3) is 5.73. The fourth-order valence-corrected chi connectivity index (χ4v) is 1.58. The first kappa shape index (κ1) is 13.1. The number of nitrogens with two attached hydrogens (primary N) is 1. The number of hydrogen-bond donors (Lipinski definition) is 3. The molecular weight excluding hydrogens is 210 g/mol. The van der Waals surface area contributed by atoms with Gasteiger partial charge >= 0.3 is 16.3 Å². The van der Waals surface area contributed by atoms with Crippen molar-refractivity contribution in [1.82, 2.24) is 9.44 Å².